The molecule has 0 spiro atoms. The van der Waals surface area contributed by atoms with Gasteiger partial charge in [0.2, 0.25) is 0 Å². The lowest BCUT2D eigenvalue weighted by Crippen LogP contribution is -2.18. The van der Waals surface area contributed by atoms with E-state index >= 15 is 0 Å². The summed E-state index contributed by atoms with van der Waals surface area (Å²) in [6.45, 7) is 2.23. The molecule has 1 aromatic rings. The molecule has 0 aliphatic carbocycles. The molecule has 0 bridgehead atoms. The van der Waals surface area contributed by atoms with Gasteiger partial charge in [-0.1, -0.05) is 13.0 Å². The van der Waals surface area contributed by atoms with E-state index in [2.05, 4.69) is 21.2 Å². The number of halogens is 2. The first-order chi connectivity index (χ1) is 6.65. The Bertz CT molecular complexity index is 286. The Balaban J connectivity index is 2.66. The number of hydrogen-bond acceptors (Lipinski definition) is 2. The number of nitrogens with one attached hydrogen (secondary N) is 1. The van der Waals surface area contributed by atoms with Gasteiger partial charge in [-0.3, -0.25) is 0 Å². The number of para-hydroxylation sites is 1. The summed E-state index contributed by atoms with van der Waals surface area (Å²) in [5.41, 5.74) is 0.403. The first kappa shape index (κ1) is 11.5. The van der Waals surface area contributed by atoms with E-state index in [0.29, 0.717) is 23.1 Å². The Labute approximate surface area is 91.3 Å². The highest BCUT2D eigenvalue weighted by atomic mass is 79.9. The van der Waals surface area contributed by atoms with Crippen LogP contribution in [0.25, 0.3) is 0 Å². The average Bonchev–Trinajstić information content (AvgIpc) is 2.16. The monoisotopic (exact) mass is 261 g/mol. The van der Waals surface area contributed by atoms with Gasteiger partial charge in [0.15, 0.2) is 0 Å². The van der Waals surface area contributed by atoms with Gasteiger partial charge in [-0.2, -0.15) is 0 Å². The molecular weight excluding hydrogens is 249 g/mol. The first-order valence-electron chi connectivity index (χ1n) is 4.51. The van der Waals surface area contributed by atoms with Crippen LogP contribution in [0.2, 0.25) is 0 Å². The second-order valence-electron chi connectivity index (χ2n) is 3.04. The molecule has 0 amide bonds. The summed E-state index contributed by atoms with van der Waals surface area (Å²) in [6, 6.07) is 4.76. The predicted molar refractivity (Wildman–Crippen MR) is 58.9 cm³/mol. The number of aliphatic hydroxyl groups excluding tert-OH is 1. The number of rotatable bonds is 4. The molecule has 0 radical (unpaired) electrons. The van der Waals surface area contributed by atoms with Crippen molar-refractivity contribution in [3.63, 3.8) is 0 Å². The van der Waals surface area contributed by atoms with Crippen molar-refractivity contribution < 1.29 is 9.50 Å². The highest BCUT2D eigenvalue weighted by Crippen LogP contribution is 2.24. The van der Waals surface area contributed by atoms with Crippen LogP contribution < -0.4 is 5.32 Å². The fourth-order valence-corrected chi connectivity index (χ4v) is 1.51. The van der Waals surface area contributed by atoms with Crippen LogP contribution in [0, 0.1) is 5.82 Å². The molecule has 0 saturated carbocycles. The van der Waals surface area contributed by atoms with Crippen molar-refractivity contribution >= 4 is 21.6 Å². The van der Waals surface area contributed by atoms with E-state index in [1.807, 2.05) is 6.92 Å². The Hall–Kier alpha value is -0.610. The van der Waals surface area contributed by atoms with Gasteiger partial charge in [0.25, 0.3) is 0 Å². The van der Waals surface area contributed by atoms with Crippen LogP contribution in [0.15, 0.2) is 22.7 Å². The second kappa shape index (κ2) is 5.32. The normalized spacial score (nSPS) is 12.6. The van der Waals surface area contributed by atoms with Crippen molar-refractivity contribution in [2.24, 2.45) is 0 Å². The molecule has 0 unspecified atom stereocenters. The van der Waals surface area contributed by atoms with Gasteiger partial charge in [-0.15, -0.1) is 0 Å². The van der Waals surface area contributed by atoms with Gasteiger partial charge in [-0.05, 0) is 34.5 Å². The van der Waals surface area contributed by atoms with Gasteiger partial charge < -0.3 is 10.4 Å². The number of benzene rings is 1. The van der Waals surface area contributed by atoms with E-state index in [4.69, 9.17) is 0 Å². The molecule has 0 saturated heterocycles. The highest BCUT2D eigenvalue weighted by molar-refractivity contribution is 9.10. The molecule has 1 rings (SSSR count). The zero-order valence-corrected chi connectivity index (χ0v) is 9.51. The van der Waals surface area contributed by atoms with Crippen molar-refractivity contribution in [1.29, 1.82) is 0 Å². The van der Waals surface area contributed by atoms with Gasteiger partial charge in [0.05, 0.1) is 11.8 Å². The molecule has 0 fully saturated rings. The topological polar surface area (TPSA) is 32.3 Å². The van der Waals surface area contributed by atoms with Gasteiger partial charge >= 0.3 is 0 Å². The summed E-state index contributed by atoms with van der Waals surface area (Å²) in [5, 5.41) is 12.2. The molecule has 0 aliphatic heterocycles. The summed E-state index contributed by atoms with van der Waals surface area (Å²) in [7, 11) is 0. The Morgan fingerprint density at radius 2 is 2.29 bits per heavy atom. The quantitative estimate of drug-likeness (QED) is 0.874. The second-order valence-corrected chi connectivity index (χ2v) is 3.89. The lowest BCUT2D eigenvalue weighted by molar-refractivity contribution is 0.183. The third kappa shape index (κ3) is 2.96. The van der Waals surface area contributed by atoms with Gasteiger partial charge in [0, 0.05) is 11.0 Å². The molecule has 78 valence electrons. The minimum atomic E-state index is -0.443. The van der Waals surface area contributed by atoms with Gasteiger partial charge in [0.1, 0.15) is 5.82 Å². The van der Waals surface area contributed by atoms with Crippen LogP contribution >= 0.6 is 15.9 Å². The number of aliphatic hydroxyl groups is 1. The fraction of sp³-hybridized carbons (Fsp3) is 0.400. The molecule has 2 N–H and O–H groups in total. The molecule has 0 heterocycles. The van der Waals surface area contributed by atoms with Crippen molar-refractivity contribution in [3.8, 4) is 0 Å². The third-order valence-corrected chi connectivity index (χ3v) is 2.61. The van der Waals surface area contributed by atoms with Crippen LogP contribution in [0.5, 0.6) is 0 Å². The van der Waals surface area contributed by atoms with E-state index in [-0.39, 0.29) is 5.82 Å². The summed E-state index contributed by atoms with van der Waals surface area (Å²) in [5.74, 6) is -0.317. The third-order valence-electron chi connectivity index (χ3n) is 1.95. The van der Waals surface area contributed by atoms with Crippen molar-refractivity contribution in [3.05, 3.63) is 28.5 Å². The highest BCUT2D eigenvalue weighted by Gasteiger charge is 2.07. The Morgan fingerprint density at radius 1 is 1.57 bits per heavy atom. The molecular formula is C10H13BrFNO. The molecule has 0 aromatic heterocycles. The summed E-state index contributed by atoms with van der Waals surface area (Å²) in [6.07, 6.45) is 0.209. The SMILES string of the molecule is CC[C@H](O)CNc1c(F)cccc1Br. The van der Waals surface area contributed by atoms with Crippen molar-refractivity contribution in [2.75, 3.05) is 11.9 Å². The van der Waals surface area contributed by atoms with Gasteiger partial charge in [-0.25, -0.2) is 4.39 Å². The number of anilines is 1. The minimum absolute atomic E-state index is 0.317. The van der Waals surface area contributed by atoms with Crippen LogP contribution in [0.4, 0.5) is 10.1 Å². The van der Waals surface area contributed by atoms with E-state index < -0.39 is 6.10 Å². The molecule has 14 heavy (non-hydrogen) atoms. The van der Waals surface area contributed by atoms with Crippen LogP contribution in [0.3, 0.4) is 0 Å². The van der Waals surface area contributed by atoms with Crippen molar-refractivity contribution in [2.45, 2.75) is 19.4 Å². The summed E-state index contributed by atoms with van der Waals surface area (Å²) < 4.78 is 13.9. The largest absolute Gasteiger partial charge is 0.391 e. The zero-order chi connectivity index (χ0) is 10.6. The Kier molecular flexibility index (Phi) is 4.35. The van der Waals surface area contributed by atoms with Crippen LogP contribution in [-0.2, 0) is 0 Å². The van der Waals surface area contributed by atoms with E-state index in [1.165, 1.54) is 6.07 Å². The maximum atomic E-state index is 13.2. The fourth-order valence-electron chi connectivity index (χ4n) is 1.03. The molecule has 4 heteroatoms. The first-order valence-corrected chi connectivity index (χ1v) is 5.30. The summed E-state index contributed by atoms with van der Waals surface area (Å²) >= 11 is 3.23. The minimum Gasteiger partial charge on any atom is -0.391 e. The van der Waals surface area contributed by atoms with Crippen LogP contribution in [0.1, 0.15) is 13.3 Å². The lowest BCUT2D eigenvalue weighted by atomic mass is 10.2. The lowest BCUT2D eigenvalue weighted by Gasteiger charge is -2.12. The standard InChI is InChI=1S/C10H13BrFNO/c1-2-7(14)6-13-10-8(11)4-3-5-9(10)12/h3-5,7,13-14H,2,6H2,1H3/t7-/m0/s1. The smallest absolute Gasteiger partial charge is 0.147 e. The van der Waals surface area contributed by atoms with E-state index in [9.17, 15) is 9.50 Å². The maximum absolute atomic E-state index is 13.2. The summed E-state index contributed by atoms with van der Waals surface area (Å²) in [4.78, 5) is 0. The molecule has 0 aliphatic rings. The maximum Gasteiger partial charge on any atom is 0.147 e. The van der Waals surface area contributed by atoms with Crippen LogP contribution in [-0.4, -0.2) is 17.8 Å². The Morgan fingerprint density at radius 3 is 2.86 bits per heavy atom. The zero-order valence-electron chi connectivity index (χ0n) is 7.93. The number of hydrogen-bond donors (Lipinski definition) is 2. The van der Waals surface area contributed by atoms with E-state index in [1.54, 1.807) is 12.1 Å². The molecule has 1 aromatic carbocycles. The average molecular weight is 262 g/mol. The van der Waals surface area contributed by atoms with Crippen molar-refractivity contribution in [1.82, 2.24) is 0 Å². The molecule has 1 atom stereocenters. The predicted octanol–water partition coefficient (Wildman–Crippen LogP) is 2.77. The molecule has 2 nitrogen and oxygen atoms in total. The van der Waals surface area contributed by atoms with E-state index in [0.717, 1.165) is 0 Å².